The van der Waals surface area contributed by atoms with Crippen LogP contribution in [0, 0.1) is 6.92 Å². The summed E-state index contributed by atoms with van der Waals surface area (Å²) in [5.41, 5.74) is 2.90. The Kier molecular flexibility index (Phi) is 3.97. The molecule has 4 heteroatoms. The lowest BCUT2D eigenvalue weighted by atomic mass is 9.98. The Morgan fingerprint density at radius 3 is 2.76 bits per heavy atom. The van der Waals surface area contributed by atoms with Crippen LogP contribution in [0.25, 0.3) is 0 Å². The summed E-state index contributed by atoms with van der Waals surface area (Å²) in [5, 5.41) is 3.10. The minimum atomic E-state index is -0.0538. The van der Waals surface area contributed by atoms with Crippen LogP contribution in [0.4, 0.5) is 0 Å². The van der Waals surface area contributed by atoms with Crippen molar-refractivity contribution in [2.75, 3.05) is 6.61 Å². The molecule has 1 N–H and O–H groups in total. The number of amides is 1. The van der Waals surface area contributed by atoms with Gasteiger partial charge in [-0.1, -0.05) is 33.6 Å². The Labute approximate surface area is 132 Å². The van der Waals surface area contributed by atoms with E-state index in [9.17, 15) is 4.79 Å². The summed E-state index contributed by atoms with van der Waals surface area (Å²) in [7, 11) is 0. The molecule has 1 heterocycles. The highest BCUT2D eigenvalue weighted by Crippen LogP contribution is 2.32. The first kappa shape index (κ1) is 14.1. The smallest absolute Gasteiger partial charge is 0.251 e. The van der Waals surface area contributed by atoms with Gasteiger partial charge in [0.05, 0.1) is 12.6 Å². The summed E-state index contributed by atoms with van der Waals surface area (Å²) >= 11 is 3.37. The maximum Gasteiger partial charge on any atom is 0.251 e. The van der Waals surface area contributed by atoms with Crippen molar-refractivity contribution in [3.8, 4) is 5.75 Å². The van der Waals surface area contributed by atoms with Gasteiger partial charge in [-0.05, 0) is 37.3 Å². The molecule has 108 valence electrons. The lowest BCUT2D eigenvalue weighted by Gasteiger charge is -2.27. The average molecular weight is 346 g/mol. The molecule has 1 aliphatic heterocycles. The summed E-state index contributed by atoms with van der Waals surface area (Å²) in [5.74, 6) is 0.815. The lowest BCUT2D eigenvalue weighted by molar-refractivity contribution is 0.0924. The molecule has 0 saturated carbocycles. The van der Waals surface area contributed by atoms with Crippen LogP contribution in [0.1, 0.15) is 33.9 Å². The molecule has 0 fully saturated rings. The van der Waals surface area contributed by atoms with Crippen molar-refractivity contribution in [1.82, 2.24) is 5.32 Å². The lowest BCUT2D eigenvalue weighted by Crippen LogP contribution is -2.32. The summed E-state index contributed by atoms with van der Waals surface area (Å²) in [6, 6.07) is 13.5. The van der Waals surface area contributed by atoms with Crippen molar-refractivity contribution in [3.05, 3.63) is 63.6 Å². The fraction of sp³-hybridized carbons (Fsp3) is 0.235. The maximum absolute atomic E-state index is 12.4. The number of nitrogens with one attached hydrogen (secondary N) is 1. The molecule has 1 unspecified atom stereocenters. The topological polar surface area (TPSA) is 38.3 Å². The molecular formula is C17H16BrNO2. The Morgan fingerprint density at radius 1 is 1.24 bits per heavy atom. The standard InChI is InChI=1S/C17H16BrNO2/c1-11-2-7-16-14(10-11)15(8-9-21-16)19-17(20)12-3-5-13(18)6-4-12/h2-7,10,15H,8-9H2,1H3,(H,19,20). The van der Waals surface area contributed by atoms with Crippen molar-refractivity contribution >= 4 is 21.8 Å². The van der Waals surface area contributed by atoms with E-state index in [0.29, 0.717) is 12.2 Å². The highest BCUT2D eigenvalue weighted by molar-refractivity contribution is 9.10. The Hall–Kier alpha value is -1.81. The predicted molar refractivity (Wildman–Crippen MR) is 85.6 cm³/mol. The fourth-order valence-corrected chi connectivity index (χ4v) is 2.77. The zero-order chi connectivity index (χ0) is 14.8. The summed E-state index contributed by atoms with van der Waals surface area (Å²) in [6.45, 7) is 2.67. The number of hydrogen-bond donors (Lipinski definition) is 1. The largest absolute Gasteiger partial charge is 0.493 e. The molecule has 1 atom stereocenters. The average Bonchev–Trinajstić information content (AvgIpc) is 2.48. The van der Waals surface area contributed by atoms with Crippen LogP contribution in [0.2, 0.25) is 0 Å². The highest BCUT2D eigenvalue weighted by Gasteiger charge is 2.23. The van der Waals surface area contributed by atoms with E-state index in [-0.39, 0.29) is 11.9 Å². The third-order valence-corrected chi connectivity index (χ3v) is 4.15. The van der Waals surface area contributed by atoms with E-state index in [1.54, 1.807) is 0 Å². The first-order valence-electron chi connectivity index (χ1n) is 6.93. The zero-order valence-corrected chi connectivity index (χ0v) is 13.3. The molecule has 0 spiro atoms. The van der Waals surface area contributed by atoms with E-state index in [2.05, 4.69) is 27.3 Å². The van der Waals surface area contributed by atoms with Crippen molar-refractivity contribution < 1.29 is 9.53 Å². The monoisotopic (exact) mass is 345 g/mol. The van der Waals surface area contributed by atoms with Gasteiger partial charge in [0.25, 0.3) is 5.91 Å². The van der Waals surface area contributed by atoms with Crippen LogP contribution in [-0.4, -0.2) is 12.5 Å². The van der Waals surface area contributed by atoms with Gasteiger partial charge in [0, 0.05) is 22.0 Å². The molecular weight excluding hydrogens is 330 g/mol. The number of carbonyl (C=O) groups is 1. The molecule has 21 heavy (non-hydrogen) atoms. The van der Waals surface area contributed by atoms with E-state index in [4.69, 9.17) is 4.74 Å². The molecule has 3 nitrogen and oxygen atoms in total. The van der Waals surface area contributed by atoms with Crippen LogP contribution in [-0.2, 0) is 0 Å². The number of fused-ring (bicyclic) bond motifs is 1. The second kappa shape index (κ2) is 5.90. The van der Waals surface area contributed by atoms with Crippen LogP contribution >= 0.6 is 15.9 Å². The second-order valence-corrected chi connectivity index (χ2v) is 6.13. The summed E-state index contributed by atoms with van der Waals surface area (Å²) in [6.07, 6.45) is 0.790. The number of aryl methyl sites for hydroxylation is 1. The predicted octanol–water partition coefficient (Wildman–Crippen LogP) is 4.01. The number of carbonyl (C=O) groups excluding carboxylic acids is 1. The maximum atomic E-state index is 12.4. The minimum Gasteiger partial charge on any atom is -0.493 e. The van der Waals surface area contributed by atoms with Gasteiger partial charge in [0.15, 0.2) is 0 Å². The highest BCUT2D eigenvalue weighted by atomic mass is 79.9. The summed E-state index contributed by atoms with van der Waals surface area (Å²) in [4.78, 5) is 12.4. The molecule has 0 aliphatic carbocycles. The van der Waals surface area contributed by atoms with E-state index in [1.807, 2.05) is 43.3 Å². The number of ether oxygens (including phenoxy) is 1. The van der Waals surface area contributed by atoms with E-state index in [1.165, 1.54) is 5.56 Å². The van der Waals surface area contributed by atoms with Crippen molar-refractivity contribution in [2.45, 2.75) is 19.4 Å². The minimum absolute atomic E-state index is 0.00444. The van der Waals surface area contributed by atoms with E-state index in [0.717, 1.165) is 22.2 Å². The van der Waals surface area contributed by atoms with Crippen LogP contribution < -0.4 is 10.1 Å². The molecule has 3 rings (SSSR count). The molecule has 2 aromatic carbocycles. The Bertz CT molecular complexity index is 667. The molecule has 1 amide bonds. The van der Waals surface area contributed by atoms with Gasteiger partial charge in [-0.25, -0.2) is 0 Å². The van der Waals surface area contributed by atoms with Gasteiger partial charge in [0.2, 0.25) is 0 Å². The molecule has 0 saturated heterocycles. The molecule has 0 bridgehead atoms. The van der Waals surface area contributed by atoms with Crippen LogP contribution in [0.15, 0.2) is 46.9 Å². The van der Waals surface area contributed by atoms with Crippen LogP contribution in [0.5, 0.6) is 5.75 Å². The van der Waals surface area contributed by atoms with Gasteiger partial charge in [-0.2, -0.15) is 0 Å². The first-order chi connectivity index (χ1) is 10.1. The van der Waals surface area contributed by atoms with Gasteiger partial charge in [-0.3, -0.25) is 4.79 Å². The summed E-state index contributed by atoms with van der Waals surface area (Å²) < 4.78 is 6.62. The van der Waals surface area contributed by atoms with Gasteiger partial charge >= 0.3 is 0 Å². The van der Waals surface area contributed by atoms with Gasteiger partial charge < -0.3 is 10.1 Å². The molecule has 0 aromatic heterocycles. The SMILES string of the molecule is Cc1ccc2c(c1)C(NC(=O)c1ccc(Br)cc1)CCO2. The molecule has 2 aromatic rings. The number of halogens is 1. The Balaban J connectivity index is 1.81. The van der Waals surface area contributed by atoms with E-state index >= 15 is 0 Å². The van der Waals surface area contributed by atoms with Crippen molar-refractivity contribution in [3.63, 3.8) is 0 Å². The van der Waals surface area contributed by atoms with Crippen LogP contribution in [0.3, 0.4) is 0 Å². The second-order valence-electron chi connectivity index (χ2n) is 5.21. The van der Waals surface area contributed by atoms with Gasteiger partial charge in [0.1, 0.15) is 5.75 Å². The number of hydrogen-bond acceptors (Lipinski definition) is 2. The van der Waals surface area contributed by atoms with Gasteiger partial charge in [-0.15, -0.1) is 0 Å². The third kappa shape index (κ3) is 3.10. The zero-order valence-electron chi connectivity index (χ0n) is 11.7. The first-order valence-corrected chi connectivity index (χ1v) is 7.72. The quantitative estimate of drug-likeness (QED) is 0.892. The Morgan fingerprint density at radius 2 is 2.00 bits per heavy atom. The van der Waals surface area contributed by atoms with E-state index < -0.39 is 0 Å². The number of benzene rings is 2. The third-order valence-electron chi connectivity index (χ3n) is 3.62. The molecule has 1 aliphatic rings. The van der Waals surface area contributed by atoms with Crippen molar-refractivity contribution in [2.24, 2.45) is 0 Å². The fourth-order valence-electron chi connectivity index (χ4n) is 2.51. The van der Waals surface area contributed by atoms with Crippen molar-refractivity contribution in [1.29, 1.82) is 0 Å². The normalized spacial score (nSPS) is 16.8. The number of rotatable bonds is 2. The molecule has 0 radical (unpaired) electrons.